The molecule has 12 heteroatoms. The predicted molar refractivity (Wildman–Crippen MR) is 73.7 cm³/mol. The van der Waals surface area contributed by atoms with Gasteiger partial charge in [-0.3, -0.25) is 10.2 Å². The third kappa shape index (κ3) is 3.35. The van der Waals surface area contributed by atoms with Crippen molar-refractivity contribution in [3.8, 4) is 17.8 Å². The summed E-state index contributed by atoms with van der Waals surface area (Å²) in [5.74, 6) is 0.0959. The molecule has 0 aliphatic carbocycles. The van der Waals surface area contributed by atoms with Gasteiger partial charge in [0.15, 0.2) is 5.75 Å². The van der Waals surface area contributed by atoms with Crippen LogP contribution in [0, 0.1) is 0 Å². The summed E-state index contributed by atoms with van der Waals surface area (Å²) in [7, 11) is -4.22. The number of hydrogen-bond acceptors (Lipinski definition) is 8. The van der Waals surface area contributed by atoms with Crippen molar-refractivity contribution in [2.45, 2.75) is 0 Å². The molecule has 0 spiro atoms. The quantitative estimate of drug-likeness (QED) is 0.652. The van der Waals surface area contributed by atoms with Gasteiger partial charge in [-0.2, -0.15) is 14.5 Å². The number of phosphoric acid groups is 1. The minimum absolute atomic E-state index is 0.0959. The monoisotopic (exact) mass is 342 g/mol. The van der Waals surface area contributed by atoms with Crippen molar-refractivity contribution in [3.63, 3.8) is 0 Å². The van der Waals surface area contributed by atoms with Gasteiger partial charge in [-0.25, -0.2) is 0 Å². The lowest BCUT2D eigenvalue weighted by Gasteiger charge is -2.16. The van der Waals surface area contributed by atoms with E-state index in [4.69, 9.17) is 25.2 Å². The Morgan fingerprint density at radius 1 is 0.955 bits per heavy atom. The molecule has 0 aliphatic rings. The molecule has 2 N–H and O–H groups in total. The Hall–Kier alpha value is -2.58. The molecule has 0 saturated carbocycles. The van der Waals surface area contributed by atoms with E-state index in [0.29, 0.717) is 0 Å². The summed E-state index contributed by atoms with van der Waals surface area (Å²) in [5.41, 5.74) is 0. The first-order valence-electron chi connectivity index (χ1n) is 5.79. The Balaban J connectivity index is 1.88. The normalized spacial score (nSPS) is 11.1. The lowest BCUT2D eigenvalue weighted by atomic mass is 10.3. The Kier molecular flexibility index (Phi) is 3.94. The molecular weight excluding hydrogens is 335 g/mol. The molecule has 3 rings (SSSR count). The number of halogens is 1. The van der Waals surface area contributed by atoms with E-state index in [1.54, 1.807) is 18.2 Å². The fourth-order valence-electron chi connectivity index (χ4n) is 1.38. The number of nitrogens with one attached hydrogen (secondary N) is 2. The molecule has 0 fully saturated rings. The van der Waals surface area contributed by atoms with E-state index in [1.807, 2.05) is 0 Å². The van der Waals surface area contributed by atoms with Crippen molar-refractivity contribution >= 4 is 19.4 Å². The van der Waals surface area contributed by atoms with Crippen molar-refractivity contribution in [3.05, 3.63) is 41.9 Å². The molecular formula is C10H8ClN6O4P. The van der Waals surface area contributed by atoms with Gasteiger partial charge in [0.05, 0.1) is 5.02 Å². The van der Waals surface area contributed by atoms with E-state index < -0.39 is 7.82 Å². The highest BCUT2D eigenvalue weighted by Crippen LogP contribution is 2.49. The molecule has 3 aromatic rings. The zero-order valence-electron chi connectivity index (χ0n) is 10.7. The summed E-state index contributed by atoms with van der Waals surface area (Å²) in [4.78, 5) is 7.38. The lowest BCUT2D eigenvalue weighted by Crippen LogP contribution is -2.09. The average Bonchev–Trinajstić information content (AvgIpc) is 3.15. The average molecular weight is 343 g/mol. The summed E-state index contributed by atoms with van der Waals surface area (Å²) in [5, 5.41) is 12.3. The molecule has 10 nitrogen and oxygen atoms in total. The van der Waals surface area contributed by atoms with Crippen LogP contribution in [0.3, 0.4) is 0 Å². The SMILES string of the molecule is O=P(Oc1nc[nH]n1)(Oc1nc[nH]n1)Oc1ccccc1Cl. The minimum atomic E-state index is -4.22. The largest absolute Gasteiger partial charge is 0.652 e. The van der Waals surface area contributed by atoms with Crippen LogP contribution < -0.4 is 13.6 Å². The highest BCUT2D eigenvalue weighted by molar-refractivity contribution is 7.49. The number of phosphoric ester groups is 1. The fourth-order valence-corrected chi connectivity index (χ4v) is 2.69. The van der Waals surface area contributed by atoms with Crippen LogP contribution in [0.2, 0.25) is 5.02 Å². The number of nitrogens with zero attached hydrogens (tertiary/aromatic N) is 4. The highest BCUT2D eigenvalue weighted by atomic mass is 35.5. The van der Waals surface area contributed by atoms with Gasteiger partial charge in [-0.15, -0.1) is 10.2 Å². The molecule has 0 unspecified atom stereocenters. The lowest BCUT2D eigenvalue weighted by molar-refractivity contribution is 0.283. The van der Waals surface area contributed by atoms with Crippen LogP contribution in [0.5, 0.6) is 17.8 Å². The second-order valence-corrected chi connectivity index (χ2v) is 5.56. The van der Waals surface area contributed by atoms with Gasteiger partial charge < -0.3 is 13.6 Å². The van der Waals surface area contributed by atoms with E-state index in [9.17, 15) is 4.57 Å². The van der Waals surface area contributed by atoms with Crippen LogP contribution in [0.4, 0.5) is 0 Å². The Morgan fingerprint density at radius 2 is 1.55 bits per heavy atom. The van der Waals surface area contributed by atoms with E-state index in [2.05, 4.69) is 30.4 Å². The molecule has 0 atom stereocenters. The molecule has 0 bridgehead atoms. The first kappa shape index (κ1) is 14.4. The van der Waals surface area contributed by atoms with Crippen LogP contribution in [0.15, 0.2) is 36.9 Å². The van der Waals surface area contributed by atoms with Crippen LogP contribution in [-0.4, -0.2) is 30.4 Å². The van der Waals surface area contributed by atoms with Crippen molar-refractivity contribution < 1.29 is 18.1 Å². The van der Waals surface area contributed by atoms with Gasteiger partial charge >= 0.3 is 19.8 Å². The maximum absolute atomic E-state index is 12.8. The maximum atomic E-state index is 12.8. The van der Waals surface area contributed by atoms with Gasteiger partial charge in [-0.1, -0.05) is 23.7 Å². The van der Waals surface area contributed by atoms with Crippen molar-refractivity contribution in [2.75, 3.05) is 0 Å². The van der Waals surface area contributed by atoms with Crippen LogP contribution in [0.1, 0.15) is 0 Å². The molecule has 114 valence electrons. The second kappa shape index (κ2) is 6.04. The second-order valence-electron chi connectivity index (χ2n) is 3.71. The Bertz CT molecular complexity index is 740. The molecule has 1 aromatic carbocycles. The van der Waals surface area contributed by atoms with Gasteiger partial charge in [0.1, 0.15) is 12.7 Å². The zero-order valence-corrected chi connectivity index (χ0v) is 12.4. The Labute approximate surface area is 128 Å². The van der Waals surface area contributed by atoms with Crippen molar-refractivity contribution in [1.29, 1.82) is 0 Å². The third-order valence-electron chi connectivity index (χ3n) is 2.22. The summed E-state index contributed by atoms with van der Waals surface area (Å²) < 4.78 is 28.2. The molecule has 0 aliphatic heterocycles. The highest BCUT2D eigenvalue weighted by Gasteiger charge is 2.36. The molecule has 0 amide bonds. The summed E-state index contributed by atoms with van der Waals surface area (Å²) in [6.45, 7) is 0. The van der Waals surface area contributed by atoms with Gasteiger partial charge in [0.2, 0.25) is 0 Å². The number of para-hydroxylation sites is 1. The predicted octanol–water partition coefficient (Wildman–Crippen LogP) is 2.22. The van der Waals surface area contributed by atoms with Gasteiger partial charge in [0, 0.05) is 0 Å². The van der Waals surface area contributed by atoms with Crippen molar-refractivity contribution in [2.24, 2.45) is 0 Å². The smallest absolute Gasteiger partial charge is 0.384 e. The van der Waals surface area contributed by atoms with Crippen LogP contribution in [0.25, 0.3) is 0 Å². The van der Waals surface area contributed by atoms with Gasteiger partial charge in [0.25, 0.3) is 0 Å². The van der Waals surface area contributed by atoms with E-state index >= 15 is 0 Å². The van der Waals surface area contributed by atoms with E-state index in [1.165, 1.54) is 18.7 Å². The number of aromatic nitrogens is 6. The molecule has 2 heterocycles. The van der Waals surface area contributed by atoms with E-state index in [0.717, 1.165) is 0 Å². The standard InChI is InChI=1S/C10H8ClN6O4P/c11-7-3-1-2-4-8(7)19-22(18,20-9-12-5-14-16-9)21-10-13-6-15-17-10/h1-6H,(H,12,14,16)(H,13,15,17). The zero-order chi connectivity index (χ0) is 15.4. The molecule has 2 aromatic heterocycles. The number of H-pyrrole nitrogens is 2. The number of hydrogen-bond donors (Lipinski definition) is 2. The fraction of sp³-hybridized carbons (Fsp3) is 0. The number of benzene rings is 1. The third-order valence-corrected chi connectivity index (χ3v) is 3.73. The number of rotatable bonds is 6. The summed E-state index contributed by atoms with van der Waals surface area (Å²) in [6, 6.07) is 5.92. The summed E-state index contributed by atoms with van der Waals surface area (Å²) in [6.07, 6.45) is 2.48. The number of aromatic amines is 2. The minimum Gasteiger partial charge on any atom is -0.384 e. The molecule has 0 radical (unpaired) electrons. The first-order chi connectivity index (χ1) is 10.6. The van der Waals surface area contributed by atoms with E-state index in [-0.39, 0.29) is 22.8 Å². The first-order valence-corrected chi connectivity index (χ1v) is 7.63. The van der Waals surface area contributed by atoms with Gasteiger partial charge in [-0.05, 0) is 12.1 Å². The molecule has 22 heavy (non-hydrogen) atoms. The van der Waals surface area contributed by atoms with Crippen LogP contribution >= 0.6 is 19.4 Å². The van der Waals surface area contributed by atoms with Crippen molar-refractivity contribution in [1.82, 2.24) is 30.4 Å². The summed E-state index contributed by atoms with van der Waals surface area (Å²) >= 11 is 5.96. The maximum Gasteiger partial charge on any atom is 0.652 e. The molecule has 0 saturated heterocycles. The topological polar surface area (TPSA) is 128 Å². The van der Waals surface area contributed by atoms with Crippen LogP contribution in [-0.2, 0) is 4.57 Å². The Morgan fingerprint density at radius 3 is 2.05 bits per heavy atom.